The minimum Gasteiger partial charge on any atom is -0.465 e. The highest BCUT2D eigenvalue weighted by atomic mass is 32.2. The van der Waals surface area contributed by atoms with E-state index in [1.54, 1.807) is 12.1 Å². The van der Waals surface area contributed by atoms with E-state index in [4.69, 9.17) is 14.4 Å². The maximum Gasteiger partial charge on any atom is 0.408 e. The number of anilines is 1. The molecule has 2 aromatic rings. The van der Waals surface area contributed by atoms with Gasteiger partial charge in [0.1, 0.15) is 10.6 Å². The summed E-state index contributed by atoms with van der Waals surface area (Å²) in [5.41, 5.74) is 0.663. The van der Waals surface area contributed by atoms with Crippen molar-refractivity contribution in [2.45, 2.75) is 17.6 Å². The molecule has 1 aliphatic heterocycles. The van der Waals surface area contributed by atoms with Crippen LogP contribution in [0.25, 0.3) is 0 Å². The van der Waals surface area contributed by atoms with Gasteiger partial charge in [0.2, 0.25) is 5.79 Å². The van der Waals surface area contributed by atoms with Gasteiger partial charge in [-0.25, -0.2) is 14.8 Å². The highest BCUT2D eigenvalue weighted by molar-refractivity contribution is 7.87. The van der Waals surface area contributed by atoms with Gasteiger partial charge in [0, 0.05) is 25.2 Å². The van der Waals surface area contributed by atoms with Crippen LogP contribution in [0.3, 0.4) is 0 Å². The molecule has 1 unspecified atom stereocenters. The number of fused-ring (bicyclic) bond motifs is 1. The summed E-state index contributed by atoms with van der Waals surface area (Å²) in [7, 11) is -4.07. The standard InChI is InChI=1S/C17H18N4O6S/c1-17(21-16(23)24)19-14-7-4-12(10-15(14)20-17)27-28(25,26)13-5-2-11(3-6-13)18-8-9-22/h2-7,10,18,21-22H,8-9H2,1H3,(H,23,24). The monoisotopic (exact) mass is 406 g/mol. The van der Waals surface area contributed by atoms with Crippen LogP contribution in [0.1, 0.15) is 6.92 Å². The molecule has 4 N–H and O–H groups in total. The van der Waals surface area contributed by atoms with Crippen LogP contribution in [0.4, 0.5) is 10.5 Å². The summed E-state index contributed by atoms with van der Waals surface area (Å²) in [6.45, 7) is 1.78. The zero-order chi connectivity index (χ0) is 20.4. The Hall–Kier alpha value is -3.18. The van der Waals surface area contributed by atoms with Crippen LogP contribution in [0.2, 0.25) is 0 Å². The fourth-order valence-corrected chi connectivity index (χ4v) is 3.53. The summed E-state index contributed by atoms with van der Waals surface area (Å²) in [5, 5.41) is 23.5. The average molecular weight is 406 g/mol. The van der Waals surface area contributed by atoms with Crippen LogP contribution in [-0.2, 0) is 10.1 Å². The summed E-state index contributed by atoms with van der Waals surface area (Å²) in [6.07, 6.45) is -1.28. The van der Waals surface area contributed by atoms with Gasteiger partial charge in [0.15, 0.2) is 0 Å². The van der Waals surface area contributed by atoms with Crippen LogP contribution in [0, 0.1) is 0 Å². The fraction of sp³-hybridized carbons (Fsp3) is 0.235. The van der Waals surface area contributed by atoms with Crippen LogP contribution in [0.5, 0.6) is 5.75 Å². The lowest BCUT2D eigenvalue weighted by Crippen LogP contribution is -2.41. The quantitative estimate of drug-likeness (QED) is 0.475. The number of carboxylic acid groups (broad SMARTS) is 1. The van der Waals surface area contributed by atoms with Gasteiger partial charge < -0.3 is 19.7 Å². The molecule has 0 spiro atoms. The van der Waals surface area contributed by atoms with Crippen molar-refractivity contribution >= 4 is 21.9 Å². The Kier molecular flexibility index (Phi) is 5.21. The van der Waals surface area contributed by atoms with Gasteiger partial charge in [-0.3, -0.25) is 5.32 Å². The normalized spacial score (nSPS) is 17.8. The van der Waals surface area contributed by atoms with E-state index in [-0.39, 0.29) is 17.3 Å². The van der Waals surface area contributed by atoms with E-state index in [9.17, 15) is 13.2 Å². The van der Waals surface area contributed by atoms with Gasteiger partial charge in [-0.05, 0) is 36.4 Å². The predicted octanol–water partition coefficient (Wildman–Crippen LogP) is 0.0526. The van der Waals surface area contributed by atoms with Crippen molar-refractivity contribution in [3.63, 3.8) is 0 Å². The number of aliphatic hydroxyl groups is 1. The number of aliphatic hydroxyl groups excluding tert-OH is 1. The second-order valence-electron chi connectivity index (χ2n) is 6.04. The van der Waals surface area contributed by atoms with Gasteiger partial charge >= 0.3 is 16.2 Å². The van der Waals surface area contributed by atoms with Crippen molar-refractivity contribution in [1.29, 1.82) is 0 Å². The molecule has 0 saturated carbocycles. The number of rotatable bonds is 7. The van der Waals surface area contributed by atoms with E-state index in [2.05, 4.69) is 20.6 Å². The molecule has 0 radical (unpaired) electrons. The molecule has 1 aliphatic rings. The molecule has 3 rings (SSSR count). The van der Waals surface area contributed by atoms with E-state index in [1.165, 1.54) is 37.3 Å². The molecular weight excluding hydrogens is 388 g/mol. The smallest absolute Gasteiger partial charge is 0.408 e. The second kappa shape index (κ2) is 7.44. The lowest BCUT2D eigenvalue weighted by Gasteiger charge is -2.16. The lowest BCUT2D eigenvalue weighted by molar-refractivity contribution is 0.182. The first-order valence-electron chi connectivity index (χ1n) is 8.21. The summed E-state index contributed by atoms with van der Waals surface area (Å²) < 4.78 is 30.1. The Balaban J connectivity index is 1.82. The molecular formula is C17H18N4O6S. The Labute approximate surface area is 160 Å². The topological polar surface area (TPSA) is 150 Å². The molecule has 0 aromatic heterocycles. The largest absolute Gasteiger partial charge is 0.465 e. The summed E-state index contributed by atoms with van der Waals surface area (Å²) in [4.78, 5) is 19.1. The molecule has 1 atom stereocenters. The number of nitrogens with one attached hydrogen (secondary N) is 2. The van der Waals surface area contributed by atoms with Crippen LogP contribution >= 0.6 is 0 Å². The molecule has 0 fully saturated rings. The molecule has 11 heteroatoms. The number of amides is 1. The van der Waals surface area contributed by atoms with E-state index < -0.39 is 22.0 Å². The highest BCUT2D eigenvalue weighted by Crippen LogP contribution is 2.19. The van der Waals surface area contributed by atoms with Crippen molar-refractivity contribution in [3.05, 3.63) is 53.2 Å². The number of carbonyl (C=O) groups is 1. The fourth-order valence-electron chi connectivity index (χ4n) is 2.61. The van der Waals surface area contributed by atoms with Gasteiger partial charge in [0.05, 0.1) is 17.3 Å². The molecule has 148 valence electrons. The van der Waals surface area contributed by atoms with E-state index in [1.807, 2.05) is 0 Å². The number of benzene rings is 2. The predicted molar refractivity (Wildman–Crippen MR) is 98.2 cm³/mol. The summed E-state index contributed by atoms with van der Waals surface area (Å²) >= 11 is 0. The van der Waals surface area contributed by atoms with Crippen LogP contribution < -0.4 is 25.5 Å². The molecule has 1 heterocycles. The minimum atomic E-state index is -4.07. The zero-order valence-electron chi connectivity index (χ0n) is 14.8. The lowest BCUT2D eigenvalue weighted by atomic mass is 10.3. The molecule has 0 aliphatic carbocycles. The molecule has 0 saturated heterocycles. The van der Waals surface area contributed by atoms with Gasteiger partial charge in [-0.2, -0.15) is 8.42 Å². The molecule has 1 amide bonds. The molecule has 28 heavy (non-hydrogen) atoms. The maximum atomic E-state index is 12.5. The SMILES string of the molecule is CC1(NC(=O)O)N=c2ccc(OS(=O)(=O)c3ccc(NCCO)cc3)cc2=N1. The first kappa shape index (κ1) is 19.6. The Morgan fingerprint density at radius 3 is 2.46 bits per heavy atom. The molecule has 0 bridgehead atoms. The van der Waals surface area contributed by atoms with Gasteiger partial charge in [-0.1, -0.05) is 0 Å². The number of hydrogen-bond donors (Lipinski definition) is 4. The zero-order valence-corrected chi connectivity index (χ0v) is 15.6. The third-order valence-corrected chi connectivity index (χ3v) is 5.02. The third kappa shape index (κ3) is 4.38. The first-order chi connectivity index (χ1) is 13.2. The van der Waals surface area contributed by atoms with E-state index in [0.29, 0.717) is 22.9 Å². The summed E-state index contributed by atoms with van der Waals surface area (Å²) in [5.74, 6) is -1.34. The Bertz CT molecular complexity index is 1120. The van der Waals surface area contributed by atoms with Crippen molar-refractivity contribution in [2.75, 3.05) is 18.5 Å². The summed E-state index contributed by atoms with van der Waals surface area (Å²) in [6, 6.07) is 10.2. The van der Waals surface area contributed by atoms with Crippen molar-refractivity contribution in [2.24, 2.45) is 9.98 Å². The maximum absolute atomic E-state index is 12.5. The number of nitrogens with zero attached hydrogens (tertiary/aromatic N) is 2. The van der Waals surface area contributed by atoms with Crippen molar-refractivity contribution in [1.82, 2.24) is 5.32 Å². The van der Waals surface area contributed by atoms with Gasteiger partial charge in [-0.15, -0.1) is 0 Å². The Morgan fingerprint density at radius 1 is 1.14 bits per heavy atom. The van der Waals surface area contributed by atoms with Crippen molar-refractivity contribution < 1.29 is 27.6 Å². The van der Waals surface area contributed by atoms with Crippen LogP contribution in [-0.4, -0.2) is 43.7 Å². The minimum absolute atomic E-state index is 0.0276. The average Bonchev–Trinajstić information content (AvgIpc) is 2.94. The number of hydrogen-bond acceptors (Lipinski definition) is 8. The first-order valence-corrected chi connectivity index (χ1v) is 9.62. The highest BCUT2D eigenvalue weighted by Gasteiger charge is 2.27. The molecule has 10 nitrogen and oxygen atoms in total. The van der Waals surface area contributed by atoms with Crippen LogP contribution in [0.15, 0.2) is 57.3 Å². The van der Waals surface area contributed by atoms with E-state index >= 15 is 0 Å². The van der Waals surface area contributed by atoms with Crippen molar-refractivity contribution in [3.8, 4) is 5.75 Å². The second-order valence-corrected chi connectivity index (χ2v) is 7.58. The molecule has 2 aromatic carbocycles. The Morgan fingerprint density at radius 2 is 1.82 bits per heavy atom. The third-order valence-electron chi connectivity index (χ3n) is 3.76. The van der Waals surface area contributed by atoms with E-state index in [0.717, 1.165) is 0 Å². The van der Waals surface area contributed by atoms with Gasteiger partial charge in [0.25, 0.3) is 0 Å².